The average molecular weight is 474 g/mol. The van der Waals surface area contributed by atoms with Crippen molar-refractivity contribution in [2.24, 2.45) is 0 Å². The molecule has 0 aromatic heterocycles. The Kier molecular flexibility index (Phi) is 6.14. The van der Waals surface area contributed by atoms with Crippen molar-refractivity contribution in [1.82, 2.24) is 0 Å². The average Bonchev–Trinajstić information content (AvgIpc) is 3.08. The zero-order chi connectivity index (χ0) is 24.5. The quantitative estimate of drug-likeness (QED) is 0.501. The number of hydrogen-bond acceptors (Lipinski definition) is 4. The molecule has 0 saturated carbocycles. The van der Waals surface area contributed by atoms with Gasteiger partial charge < -0.3 is 19.7 Å². The van der Waals surface area contributed by atoms with Crippen LogP contribution in [0.3, 0.4) is 0 Å². The van der Waals surface area contributed by atoms with E-state index in [0.717, 1.165) is 17.0 Å². The van der Waals surface area contributed by atoms with Crippen LogP contribution in [0.5, 0.6) is 17.2 Å². The molecule has 6 nitrogen and oxygen atoms in total. The molecular weight excluding hydrogens is 456 g/mol. The maximum absolute atomic E-state index is 13.7. The number of fused-ring (bicyclic) bond motifs is 1. The van der Waals surface area contributed by atoms with Gasteiger partial charge in [0.05, 0.1) is 13.5 Å². The normalized spacial score (nSPS) is 13.0. The third-order valence-corrected chi connectivity index (χ3v) is 5.11. The molecule has 0 atom stereocenters. The van der Waals surface area contributed by atoms with Crippen LogP contribution in [-0.2, 0) is 22.2 Å². The van der Waals surface area contributed by atoms with Crippen molar-refractivity contribution in [3.8, 4) is 17.2 Å². The largest absolute Gasteiger partial charge is 0.497 e. The van der Waals surface area contributed by atoms with E-state index in [2.05, 4.69) is 5.32 Å². The Labute approximate surface area is 191 Å². The van der Waals surface area contributed by atoms with Crippen LogP contribution >= 0.6 is 0 Å². The Hall–Kier alpha value is -4.08. The van der Waals surface area contributed by atoms with Gasteiger partial charge in [-0.05, 0) is 54.1 Å². The van der Waals surface area contributed by atoms with Gasteiger partial charge in [0.15, 0.2) is 0 Å². The molecular formula is C24H18F4N2O4. The van der Waals surface area contributed by atoms with Gasteiger partial charge in [0, 0.05) is 17.4 Å². The molecule has 1 N–H and O–H groups in total. The van der Waals surface area contributed by atoms with E-state index in [1.54, 1.807) is 12.1 Å². The highest BCUT2D eigenvalue weighted by Crippen LogP contribution is 2.40. The van der Waals surface area contributed by atoms with Crippen LogP contribution in [-0.4, -0.2) is 25.5 Å². The standard InChI is InChI=1S/C24H18F4N2O4/c1-33-17-3-2-4-18(12-17)34-21-8-6-16(11-19(21)24(26,27)28)29-22(31)13-30-20-7-5-15(25)9-14(20)10-23(30)32/h2-9,11-12H,10,13H2,1H3,(H,29,31). The first kappa shape index (κ1) is 23.1. The predicted octanol–water partition coefficient (Wildman–Crippen LogP) is 5.17. The molecule has 0 radical (unpaired) electrons. The van der Waals surface area contributed by atoms with E-state index in [1.807, 2.05) is 0 Å². The van der Waals surface area contributed by atoms with Crippen molar-refractivity contribution in [2.45, 2.75) is 12.6 Å². The van der Waals surface area contributed by atoms with Crippen LogP contribution in [0.25, 0.3) is 0 Å². The zero-order valence-corrected chi connectivity index (χ0v) is 17.8. The Morgan fingerprint density at radius 1 is 1.06 bits per heavy atom. The number of halogens is 4. The fourth-order valence-electron chi connectivity index (χ4n) is 3.58. The lowest BCUT2D eigenvalue weighted by Crippen LogP contribution is -2.35. The van der Waals surface area contributed by atoms with Crippen LogP contribution in [0.1, 0.15) is 11.1 Å². The van der Waals surface area contributed by atoms with E-state index in [1.165, 1.54) is 43.5 Å². The first-order chi connectivity index (χ1) is 16.1. The van der Waals surface area contributed by atoms with Gasteiger partial charge in [-0.1, -0.05) is 6.07 Å². The van der Waals surface area contributed by atoms with Crippen molar-refractivity contribution in [3.63, 3.8) is 0 Å². The number of nitrogens with zero attached hydrogens (tertiary/aromatic N) is 1. The van der Waals surface area contributed by atoms with Crippen LogP contribution in [0.15, 0.2) is 60.7 Å². The van der Waals surface area contributed by atoms with Crippen LogP contribution < -0.4 is 19.7 Å². The Balaban J connectivity index is 1.52. The molecule has 3 aromatic rings. The lowest BCUT2D eigenvalue weighted by atomic mass is 10.1. The number of alkyl halides is 3. The molecule has 4 rings (SSSR count). The lowest BCUT2D eigenvalue weighted by molar-refractivity contribution is -0.138. The molecule has 10 heteroatoms. The molecule has 2 amide bonds. The summed E-state index contributed by atoms with van der Waals surface area (Å²) in [5, 5.41) is 2.37. The van der Waals surface area contributed by atoms with Gasteiger partial charge in [0.1, 0.15) is 35.2 Å². The Morgan fingerprint density at radius 2 is 1.82 bits per heavy atom. The Morgan fingerprint density at radius 3 is 2.56 bits per heavy atom. The highest BCUT2D eigenvalue weighted by atomic mass is 19.4. The number of hydrogen-bond donors (Lipinski definition) is 1. The van der Waals surface area contributed by atoms with Crippen molar-refractivity contribution < 1.29 is 36.6 Å². The number of carbonyl (C=O) groups excluding carboxylic acids is 2. The van der Waals surface area contributed by atoms with Crippen LogP contribution in [0.2, 0.25) is 0 Å². The van der Waals surface area contributed by atoms with Crippen LogP contribution in [0.4, 0.5) is 28.9 Å². The first-order valence-corrected chi connectivity index (χ1v) is 10.1. The van der Waals surface area contributed by atoms with Crippen LogP contribution in [0, 0.1) is 5.82 Å². The molecule has 34 heavy (non-hydrogen) atoms. The molecule has 0 saturated heterocycles. The lowest BCUT2D eigenvalue weighted by Gasteiger charge is -2.18. The molecule has 0 fully saturated rings. The molecule has 176 valence electrons. The molecule has 3 aromatic carbocycles. The van der Waals surface area contributed by atoms with Gasteiger partial charge in [-0.15, -0.1) is 0 Å². The number of anilines is 2. The summed E-state index contributed by atoms with van der Waals surface area (Å²) in [5.41, 5.74) is -0.386. The summed E-state index contributed by atoms with van der Waals surface area (Å²) >= 11 is 0. The van der Waals surface area contributed by atoms with Gasteiger partial charge in [0.25, 0.3) is 0 Å². The monoisotopic (exact) mass is 474 g/mol. The van der Waals surface area contributed by atoms with Crippen molar-refractivity contribution in [2.75, 3.05) is 23.9 Å². The van der Waals surface area contributed by atoms with E-state index < -0.39 is 41.7 Å². The first-order valence-electron chi connectivity index (χ1n) is 10.1. The van der Waals surface area contributed by atoms with Crippen molar-refractivity contribution in [3.05, 3.63) is 77.6 Å². The number of rotatable bonds is 6. The molecule has 0 spiro atoms. The number of carbonyl (C=O) groups is 2. The van der Waals surface area contributed by atoms with E-state index >= 15 is 0 Å². The highest BCUT2D eigenvalue weighted by Gasteiger charge is 2.35. The smallest absolute Gasteiger partial charge is 0.420 e. The number of nitrogens with one attached hydrogen (secondary N) is 1. The van der Waals surface area contributed by atoms with E-state index in [-0.39, 0.29) is 17.9 Å². The number of benzene rings is 3. The molecule has 1 heterocycles. The van der Waals surface area contributed by atoms with Gasteiger partial charge in [-0.25, -0.2) is 4.39 Å². The minimum absolute atomic E-state index is 0.0606. The minimum atomic E-state index is -4.76. The summed E-state index contributed by atoms with van der Waals surface area (Å²) in [5.74, 6) is -1.52. The summed E-state index contributed by atoms with van der Waals surface area (Å²) < 4.78 is 64.9. The molecule has 1 aliphatic heterocycles. The van der Waals surface area contributed by atoms with E-state index in [9.17, 15) is 27.2 Å². The van der Waals surface area contributed by atoms with Crippen molar-refractivity contribution in [1.29, 1.82) is 0 Å². The second-order valence-electron chi connectivity index (χ2n) is 7.47. The Bertz CT molecular complexity index is 1260. The number of amides is 2. The summed E-state index contributed by atoms with van der Waals surface area (Å²) in [6.45, 7) is -0.430. The second-order valence-corrected chi connectivity index (χ2v) is 7.47. The van der Waals surface area contributed by atoms with Gasteiger partial charge in [-0.2, -0.15) is 13.2 Å². The SMILES string of the molecule is COc1cccc(Oc2ccc(NC(=O)CN3C(=O)Cc4cc(F)ccc43)cc2C(F)(F)F)c1. The fourth-order valence-corrected chi connectivity index (χ4v) is 3.58. The number of ether oxygens (including phenoxy) is 2. The zero-order valence-electron chi connectivity index (χ0n) is 17.8. The summed E-state index contributed by atoms with van der Waals surface area (Å²) in [6, 6.07) is 13.0. The molecule has 0 aliphatic carbocycles. The topological polar surface area (TPSA) is 67.9 Å². The molecule has 0 bridgehead atoms. The summed E-state index contributed by atoms with van der Waals surface area (Å²) in [6.07, 6.45) is -4.82. The van der Waals surface area contributed by atoms with Gasteiger partial charge >= 0.3 is 6.18 Å². The minimum Gasteiger partial charge on any atom is -0.497 e. The van der Waals surface area contributed by atoms with E-state index in [4.69, 9.17) is 9.47 Å². The van der Waals surface area contributed by atoms with Gasteiger partial charge in [0.2, 0.25) is 11.8 Å². The van der Waals surface area contributed by atoms with Crippen molar-refractivity contribution >= 4 is 23.2 Å². The molecule has 1 aliphatic rings. The highest BCUT2D eigenvalue weighted by molar-refractivity contribution is 6.07. The number of methoxy groups -OCH3 is 1. The third kappa shape index (κ3) is 4.95. The summed E-state index contributed by atoms with van der Waals surface area (Å²) in [4.78, 5) is 25.9. The van der Waals surface area contributed by atoms with Gasteiger partial charge in [-0.3, -0.25) is 9.59 Å². The summed E-state index contributed by atoms with van der Waals surface area (Å²) in [7, 11) is 1.42. The fraction of sp³-hybridized carbons (Fsp3) is 0.167. The maximum Gasteiger partial charge on any atom is 0.420 e. The third-order valence-electron chi connectivity index (χ3n) is 5.11. The molecule has 0 unspecified atom stereocenters. The maximum atomic E-state index is 13.7. The van der Waals surface area contributed by atoms with E-state index in [0.29, 0.717) is 17.0 Å². The predicted molar refractivity (Wildman–Crippen MR) is 116 cm³/mol. The second kappa shape index (κ2) is 9.05.